The molecular formula is C13H21N5OS. The summed E-state index contributed by atoms with van der Waals surface area (Å²) in [7, 11) is 0. The minimum atomic E-state index is 0.687. The second-order valence-electron chi connectivity index (χ2n) is 4.34. The number of hydrazine groups is 1. The second kappa shape index (κ2) is 7.49. The maximum atomic E-state index is 5.54. The number of thiophene rings is 1. The van der Waals surface area contributed by atoms with Crippen molar-refractivity contribution in [1.82, 2.24) is 14.9 Å². The molecule has 0 aliphatic heterocycles. The number of fused-ring (bicyclic) bond motifs is 1. The fourth-order valence-electron chi connectivity index (χ4n) is 1.97. The molecule has 0 radical (unpaired) electrons. The number of hydrogen-bond donors (Lipinski definition) is 2. The van der Waals surface area contributed by atoms with Gasteiger partial charge in [-0.3, -0.25) is 4.90 Å². The zero-order valence-corrected chi connectivity index (χ0v) is 12.7. The van der Waals surface area contributed by atoms with Gasteiger partial charge in [-0.25, -0.2) is 15.8 Å². The molecule has 0 fully saturated rings. The van der Waals surface area contributed by atoms with Gasteiger partial charge in [0.15, 0.2) is 5.82 Å². The van der Waals surface area contributed by atoms with E-state index in [1.165, 1.54) is 0 Å². The van der Waals surface area contributed by atoms with Gasteiger partial charge in [-0.1, -0.05) is 6.92 Å². The molecule has 0 unspecified atom stereocenters. The Morgan fingerprint density at radius 3 is 2.95 bits per heavy atom. The van der Waals surface area contributed by atoms with Crippen LogP contribution in [0.2, 0.25) is 0 Å². The highest BCUT2D eigenvalue weighted by Gasteiger charge is 2.11. The molecule has 0 aliphatic carbocycles. The lowest BCUT2D eigenvalue weighted by Gasteiger charge is -2.19. The van der Waals surface area contributed by atoms with Crippen molar-refractivity contribution < 1.29 is 4.74 Å². The Balaban J connectivity index is 2.11. The molecule has 0 aromatic carbocycles. The lowest BCUT2D eigenvalue weighted by Crippen LogP contribution is -2.28. The summed E-state index contributed by atoms with van der Waals surface area (Å²) in [5.74, 6) is 7.01. The fourth-order valence-corrected chi connectivity index (χ4v) is 2.75. The van der Waals surface area contributed by atoms with E-state index in [2.05, 4.69) is 27.2 Å². The van der Waals surface area contributed by atoms with Crippen LogP contribution in [-0.4, -0.2) is 41.2 Å². The van der Waals surface area contributed by atoms with Gasteiger partial charge in [-0.05, 0) is 24.9 Å². The zero-order valence-electron chi connectivity index (χ0n) is 11.9. The van der Waals surface area contributed by atoms with E-state index in [1.807, 2.05) is 18.4 Å². The van der Waals surface area contributed by atoms with Crippen LogP contribution in [0.4, 0.5) is 5.82 Å². The maximum Gasteiger partial charge on any atom is 0.152 e. The average Bonchev–Trinajstić information content (AvgIpc) is 2.93. The SMILES string of the molecule is CCOCCN(CC)Cc1nc(NN)c2ccsc2n1. The molecule has 0 spiro atoms. The van der Waals surface area contributed by atoms with Gasteiger partial charge in [0.25, 0.3) is 0 Å². The van der Waals surface area contributed by atoms with Crippen LogP contribution in [0.1, 0.15) is 19.7 Å². The van der Waals surface area contributed by atoms with Crippen molar-refractivity contribution in [3.63, 3.8) is 0 Å². The highest BCUT2D eigenvalue weighted by atomic mass is 32.1. The Labute approximate surface area is 122 Å². The molecular weight excluding hydrogens is 274 g/mol. The van der Waals surface area contributed by atoms with Crippen molar-refractivity contribution in [2.24, 2.45) is 5.84 Å². The summed E-state index contributed by atoms with van der Waals surface area (Å²) in [4.78, 5) is 12.3. The van der Waals surface area contributed by atoms with Crippen molar-refractivity contribution in [3.05, 3.63) is 17.3 Å². The van der Waals surface area contributed by atoms with E-state index in [4.69, 9.17) is 10.6 Å². The predicted octanol–water partition coefficient (Wildman–Crippen LogP) is 1.84. The van der Waals surface area contributed by atoms with Crippen molar-refractivity contribution in [2.75, 3.05) is 31.7 Å². The number of rotatable bonds is 8. The first-order chi connectivity index (χ1) is 9.78. The molecule has 20 heavy (non-hydrogen) atoms. The minimum Gasteiger partial charge on any atom is -0.380 e. The summed E-state index contributed by atoms with van der Waals surface area (Å²) in [6.45, 7) is 8.11. The van der Waals surface area contributed by atoms with E-state index in [9.17, 15) is 0 Å². The number of nitrogens with one attached hydrogen (secondary N) is 1. The standard InChI is InChI=1S/C13H21N5OS/c1-3-18(6-7-19-4-2)9-11-15-12(17-14)10-5-8-20-13(10)16-11/h5,8H,3-4,6-7,9,14H2,1-2H3,(H,15,16,17). The summed E-state index contributed by atoms with van der Waals surface area (Å²) < 4.78 is 5.39. The lowest BCUT2D eigenvalue weighted by molar-refractivity contribution is 0.112. The van der Waals surface area contributed by atoms with Crippen LogP contribution < -0.4 is 11.3 Å². The smallest absolute Gasteiger partial charge is 0.152 e. The second-order valence-corrected chi connectivity index (χ2v) is 5.23. The lowest BCUT2D eigenvalue weighted by atomic mass is 10.3. The van der Waals surface area contributed by atoms with Crippen LogP contribution >= 0.6 is 11.3 Å². The van der Waals surface area contributed by atoms with Gasteiger partial charge < -0.3 is 10.2 Å². The van der Waals surface area contributed by atoms with Gasteiger partial charge in [0.1, 0.15) is 10.7 Å². The van der Waals surface area contributed by atoms with Crippen LogP contribution in [0, 0.1) is 0 Å². The number of aromatic nitrogens is 2. The molecule has 110 valence electrons. The third kappa shape index (κ3) is 3.63. The van der Waals surface area contributed by atoms with Crippen LogP contribution in [-0.2, 0) is 11.3 Å². The summed E-state index contributed by atoms with van der Waals surface area (Å²) in [5.41, 5.74) is 2.65. The van der Waals surface area contributed by atoms with E-state index in [0.29, 0.717) is 12.4 Å². The third-order valence-corrected chi connectivity index (χ3v) is 3.88. The highest BCUT2D eigenvalue weighted by molar-refractivity contribution is 7.16. The van der Waals surface area contributed by atoms with E-state index >= 15 is 0 Å². The average molecular weight is 295 g/mol. The molecule has 0 atom stereocenters. The summed E-state index contributed by atoms with van der Waals surface area (Å²) in [6.07, 6.45) is 0. The number of nitrogens with zero attached hydrogens (tertiary/aromatic N) is 3. The van der Waals surface area contributed by atoms with Crippen molar-refractivity contribution >= 4 is 27.4 Å². The van der Waals surface area contributed by atoms with Gasteiger partial charge in [0.05, 0.1) is 18.5 Å². The minimum absolute atomic E-state index is 0.687. The molecule has 0 saturated heterocycles. The first-order valence-electron chi connectivity index (χ1n) is 6.79. The summed E-state index contributed by atoms with van der Waals surface area (Å²) in [6, 6.07) is 1.98. The molecule has 0 bridgehead atoms. The molecule has 2 aromatic heterocycles. The number of nitrogens with two attached hydrogens (primary N) is 1. The van der Waals surface area contributed by atoms with Gasteiger partial charge >= 0.3 is 0 Å². The molecule has 2 heterocycles. The first-order valence-corrected chi connectivity index (χ1v) is 7.67. The topological polar surface area (TPSA) is 76.3 Å². The fraction of sp³-hybridized carbons (Fsp3) is 0.538. The molecule has 0 saturated carbocycles. The number of nitrogen functional groups attached to an aromatic ring is 1. The molecule has 2 rings (SSSR count). The van der Waals surface area contributed by atoms with E-state index in [-0.39, 0.29) is 0 Å². The number of likely N-dealkylation sites (N-methyl/N-ethyl adjacent to an activating group) is 1. The molecule has 3 N–H and O–H groups in total. The Morgan fingerprint density at radius 2 is 2.25 bits per heavy atom. The third-order valence-electron chi connectivity index (χ3n) is 3.08. The molecule has 6 nitrogen and oxygen atoms in total. The zero-order chi connectivity index (χ0) is 14.4. The Bertz CT molecular complexity index is 545. The largest absolute Gasteiger partial charge is 0.380 e. The summed E-state index contributed by atoms with van der Waals surface area (Å²) in [5, 5.41) is 2.97. The van der Waals surface area contributed by atoms with Crippen LogP contribution in [0.3, 0.4) is 0 Å². The maximum absolute atomic E-state index is 5.54. The van der Waals surface area contributed by atoms with Crippen molar-refractivity contribution in [2.45, 2.75) is 20.4 Å². The Hall–Kier alpha value is -1.28. The number of hydrogen-bond acceptors (Lipinski definition) is 7. The van der Waals surface area contributed by atoms with Crippen molar-refractivity contribution in [1.29, 1.82) is 0 Å². The van der Waals surface area contributed by atoms with Gasteiger partial charge in [0, 0.05) is 13.2 Å². The Morgan fingerprint density at radius 1 is 1.40 bits per heavy atom. The van der Waals surface area contributed by atoms with Gasteiger partial charge in [-0.2, -0.15) is 0 Å². The normalized spacial score (nSPS) is 11.4. The van der Waals surface area contributed by atoms with Crippen molar-refractivity contribution in [3.8, 4) is 0 Å². The van der Waals surface area contributed by atoms with E-state index in [0.717, 1.165) is 42.3 Å². The van der Waals surface area contributed by atoms with E-state index < -0.39 is 0 Å². The van der Waals surface area contributed by atoms with Crippen LogP contribution in [0.25, 0.3) is 10.2 Å². The molecule has 0 amide bonds. The monoisotopic (exact) mass is 295 g/mol. The highest BCUT2D eigenvalue weighted by Crippen LogP contribution is 2.24. The van der Waals surface area contributed by atoms with Gasteiger partial charge in [0.2, 0.25) is 0 Å². The quantitative estimate of drug-likeness (QED) is 0.439. The Kier molecular flexibility index (Phi) is 5.66. The van der Waals surface area contributed by atoms with Crippen LogP contribution in [0.15, 0.2) is 11.4 Å². The van der Waals surface area contributed by atoms with E-state index in [1.54, 1.807) is 11.3 Å². The van der Waals surface area contributed by atoms with Gasteiger partial charge in [-0.15, -0.1) is 11.3 Å². The van der Waals surface area contributed by atoms with Crippen LogP contribution in [0.5, 0.6) is 0 Å². The summed E-state index contributed by atoms with van der Waals surface area (Å²) >= 11 is 1.60. The predicted molar refractivity (Wildman–Crippen MR) is 82.7 cm³/mol. The molecule has 2 aromatic rings. The molecule has 7 heteroatoms. The molecule has 0 aliphatic rings. The first kappa shape index (κ1) is 15.1. The number of anilines is 1. The number of ether oxygens (including phenoxy) is 1.